The molecule has 1 heterocycles. The lowest BCUT2D eigenvalue weighted by atomic mass is 10.0. The van der Waals surface area contributed by atoms with Gasteiger partial charge in [-0.25, -0.2) is 14.8 Å². The van der Waals surface area contributed by atoms with Gasteiger partial charge in [0.05, 0.1) is 17.8 Å². The molecule has 7 heteroatoms. The van der Waals surface area contributed by atoms with Crippen LogP contribution in [0.15, 0.2) is 6.20 Å². The molecular formula is C13H19N3O4. The predicted molar refractivity (Wildman–Crippen MR) is 71.5 cm³/mol. The van der Waals surface area contributed by atoms with Crippen molar-refractivity contribution in [2.24, 2.45) is 0 Å². The summed E-state index contributed by atoms with van der Waals surface area (Å²) in [7, 11) is 0. The van der Waals surface area contributed by atoms with E-state index in [1.54, 1.807) is 6.92 Å². The zero-order valence-corrected chi connectivity index (χ0v) is 12.0. The Morgan fingerprint density at radius 3 is 2.55 bits per heavy atom. The summed E-state index contributed by atoms with van der Waals surface area (Å²) in [4.78, 5) is 31.0. The number of carbonyl (C=O) groups is 2. The lowest BCUT2D eigenvalue weighted by Crippen LogP contribution is -2.46. The van der Waals surface area contributed by atoms with E-state index in [-0.39, 0.29) is 11.5 Å². The molecule has 0 fully saturated rings. The van der Waals surface area contributed by atoms with E-state index >= 15 is 0 Å². The summed E-state index contributed by atoms with van der Waals surface area (Å²) in [5, 5.41) is 20.7. The Morgan fingerprint density at radius 1 is 1.45 bits per heavy atom. The van der Waals surface area contributed by atoms with Crippen LogP contribution in [0.5, 0.6) is 0 Å². The predicted octanol–water partition coefficient (Wildman–Crippen LogP) is 0.474. The molecule has 1 atom stereocenters. The number of aromatic nitrogens is 2. The average Bonchev–Trinajstić information content (AvgIpc) is 2.35. The van der Waals surface area contributed by atoms with Crippen LogP contribution in [0.25, 0.3) is 0 Å². The van der Waals surface area contributed by atoms with Gasteiger partial charge in [0.15, 0.2) is 5.60 Å². The highest BCUT2D eigenvalue weighted by molar-refractivity contribution is 5.95. The molecule has 3 N–H and O–H groups in total. The largest absolute Gasteiger partial charge is 0.479 e. The molecule has 20 heavy (non-hydrogen) atoms. The fourth-order valence-corrected chi connectivity index (χ4v) is 1.53. The van der Waals surface area contributed by atoms with E-state index in [0.717, 1.165) is 6.92 Å². The molecule has 1 rings (SSSR count). The number of hydrogen-bond acceptors (Lipinski definition) is 5. The first-order valence-corrected chi connectivity index (χ1v) is 6.22. The first-order valence-electron chi connectivity index (χ1n) is 6.22. The number of aryl methyl sites for hydroxylation is 1. The van der Waals surface area contributed by atoms with Gasteiger partial charge >= 0.3 is 5.97 Å². The maximum absolute atomic E-state index is 12.1. The van der Waals surface area contributed by atoms with Gasteiger partial charge in [0.1, 0.15) is 5.82 Å². The first-order chi connectivity index (χ1) is 9.15. The Kier molecular flexibility index (Phi) is 4.78. The fourth-order valence-electron chi connectivity index (χ4n) is 1.53. The zero-order valence-electron chi connectivity index (χ0n) is 12.0. The minimum atomic E-state index is -2.01. The standard InChI is InChI=1S/C13H19N3O4/c1-7(2)10-9(5-14-8(3)16-10)11(17)15-6-13(4,20)12(18)19/h5,7,20H,6H2,1-4H3,(H,15,17)(H,18,19). The highest BCUT2D eigenvalue weighted by atomic mass is 16.4. The van der Waals surface area contributed by atoms with Crippen molar-refractivity contribution in [3.63, 3.8) is 0 Å². The molecule has 110 valence electrons. The second-order valence-corrected chi connectivity index (χ2v) is 5.13. The smallest absolute Gasteiger partial charge is 0.337 e. The van der Waals surface area contributed by atoms with E-state index in [0.29, 0.717) is 11.5 Å². The van der Waals surface area contributed by atoms with Crippen LogP contribution in [0, 0.1) is 6.92 Å². The Labute approximate surface area is 117 Å². The monoisotopic (exact) mass is 281 g/mol. The number of carboxylic acid groups (broad SMARTS) is 1. The van der Waals surface area contributed by atoms with E-state index < -0.39 is 24.0 Å². The molecule has 0 spiro atoms. The molecule has 0 saturated heterocycles. The van der Waals surface area contributed by atoms with Gasteiger partial charge in [-0.05, 0) is 19.8 Å². The molecule has 0 aliphatic carbocycles. The normalized spacial score (nSPS) is 13.9. The summed E-state index contributed by atoms with van der Waals surface area (Å²) in [6, 6.07) is 0. The zero-order chi connectivity index (χ0) is 15.5. The molecule has 1 aromatic heterocycles. The molecule has 1 aromatic rings. The van der Waals surface area contributed by atoms with Crippen molar-refractivity contribution in [2.45, 2.75) is 39.2 Å². The van der Waals surface area contributed by atoms with E-state index in [4.69, 9.17) is 5.11 Å². The van der Waals surface area contributed by atoms with Crippen LogP contribution in [-0.4, -0.2) is 44.2 Å². The molecule has 0 aliphatic rings. The molecule has 1 unspecified atom stereocenters. The lowest BCUT2D eigenvalue weighted by Gasteiger charge is -2.19. The van der Waals surface area contributed by atoms with E-state index in [9.17, 15) is 14.7 Å². The average molecular weight is 281 g/mol. The van der Waals surface area contributed by atoms with Gasteiger partial charge in [-0.2, -0.15) is 0 Å². The van der Waals surface area contributed by atoms with Gasteiger partial charge in [0.2, 0.25) is 0 Å². The van der Waals surface area contributed by atoms with Crippen LogP contribution in [-0.2, 0) is 4.79 Å². The van der Waals surface area contributed by atoms with Crippen molar-refractivity contribution in [3.8, 4) is 0 Å². The van der Waals surface area contributed by atoms with Gasteiger partial charge in [-0.3, -0.25) is 4.79 Å². The minimum absolute atomic E-state index is 0.0254. The van der Waals surface area contributed by atoms with Crippen LogP contribution < -0.4 is 5.32 Å². The van der Waals surface area contributed by atoms with Crippen LogP contribution in [0.2, 0.25) is 0 Å². The number of aliphatic hydroxyl groups is 1. The van der Waals surface area contributed by atoms with Gasteiger partial charge in [-0.1, -0.05) is 13.8 Å². The number of nitrogens with one attached hydrogen (secondary N) is 1. The molecule has 0 radical (unpaired) electrons. The third-order valence-corrected chi connectivity index (χ3v) is 2.78. The molecule has 1 amide bonds. The Hall–Kier alpha value is -2.02. The molecule has 0 bridgehead atoms. The number of carboxylic acids is 1. The second-order valence-electron chi connectivity index (χ2n) is 5.13. The third kappa shape index (κ3) is 3.74. The summed E-state index contributed by atoms with van der Waals surface area (Å²) < 4.78 is 0. The van der Waals surface area contributed by atoms with Crippen molar-refractivity contribution in [2.75, 3.05) is 6.54 Å². The SMILES string of the molecule is Cc1ncc(C(=O)NCC(C)(O)C(=O)O)c(C(C)C)n1. The summed E-state index contributed by atoms with van der Waals surface area (Å²) in [5.74, 6) is -1.32. The van der Waals surface area contributed by atoms with Gasteiger partial charge < -0.3 is 15.5 Å². The Bertz CT molecular complexity index is 526. The molecule has 0 aliphatic heterocycles. The highest BCUT2D eigenvalue weighted by Gasteiger charge is 2.30. The number of rotatable bonds is 5. The molecule has 7 nitrogen and oxygen atoms in total. The van der Waals surface area contributed by atoms with Crippen molar-refractivity contribution in [1.82, 2.24) is 15.3 Å². The van der Waals surface area contributed by atoms with Crippen molar-refractivity contribution >= 4 is 11.9 Å². The Morgan fingerprint density at radius 2 is 2.05 bits per heavy atom. The van der Waals surface area contributed by atoms with Crippen molar-refractivity contribution in [3.05, 3.63) is 23.3 Å². The maximum atomic E-state index is 12.1. The Balaban J connectivity index is 2.91. The van der Waals surface area contributed by atoms with E-state index in [2.05, 4.69) is 15.3 Å². The van der Waals surface area contributed by atoms with Gasteiger partial charge in [-0.15, -0.1) is 0 Å². The maximum Gasteiger partial charge on any atom is 0.337 e. The first kappa shape index (κ1) is 16.0. The number of nitrogens with zero attached hydrogens (tertiary/aromatic N) is 2. The van der Waals surface area contributed by atoms with Gasteiger partial charge in [0, 0.05) is 6.20 Å². The molecular weight excluding hydrogens is 262 g/mol. The summed E-state index contributed by atoms with van der Waals surface area (Å²) in [6.45, 7) is 6.23. The quantitative estimate of drug-likeness (QED) is 0.723. The number of hydrogen-bond donors (Lipinski definition) is 3. The number of carbonyl (C=O) groups excluding carboxylic acids is 1. The van der Waals surface area contributed by atoms with Crippen LogP contribution >= 0.6 is 0 Å². The topological polar surface area (TPSA) is 112 Å². The second kappa shape index (κ2) is 5.96. The van der Waals surface area contributed by atoms with Crippen LogP contribution in [0.4, 0.5) is 0 Å². The number of amides is 1. The van der Waals surface area contributed by atoms with Gasteiger partial charge in [0.25, 0.3) is 5.91 Å². The number of aliphatic carboxylic acids is 1. The fraction of sp³-hybridized carbons (Fsp3) is 0.538. The summed E-state index contributed by atoms with van der Waals surface area (Å²) >= 11 is 0. The highest BCUT2D eigenvalue weighted by Crippen LogP contribution is 2.16. The van der Waals surface area contributed by atoms with Crippen molar-refractivity contribution in [1.29, 1.82) is 0 Å². The van der Waals surface area contributed by atoms with E-state index in [1.165, 1.54) is 6.20 Å². The van der Waals surface area contributed by atoms with Crippen LogP contribution in [0.3, 0.4) is 0 Å². The van der Waals surface area contributed by atoms with Crippen molar-refractivity contribution < 1.29 is 19.8 Å². The molecule has 0 aromatic carbocycles. The van der Waals surface area contributed by atoms with E-state index in [1.807, 2.05) is 13.8 Å². The minimum Gasteiger partial charge on any atom is -0.479 e. The lowest BCUT2D eigenvalue weighted by molar-refractivity contribution is -0.155. The molecule has 0 saturated carbocycles. The van der Waals surface area contributed by atoms with Crippen LogP contribution in [0.1, 0.15) is 48.6 Å². The third-order valence-electron chi connectivity index (χ3n) is 2.78. The summed E-state index contributed by atoms with van der Waals surface area (Å²) in [6.07, 6.45) is 1.41. The summed E-state index contributed by atoms with van der Waals surface area (Å²) in [5.41, 5.74) is -1.14.